The Morgan fingerprint density at radius 1 is 1.19 bits per heavy atom. The number of ether oxygens (including phenoxy) is 1. The number of fused-ring (bicyclic) bond motifs is 1. The molecular formula is C21H24ClN3O. The lowest BCUT2D eigenvalue weighted by atomic mass is 9.95. The van der Waals surface area contributed by atoms with Crippen LogP contribution in [0.1, 0.15) is 37.7 Å². The lowest BCUT2D eigenvalue weighted by Gasteiger charge is -2.23. The molecule has 0 amide bonds. The molecule has 0 bridgehead atoms. The molecule has 26 heavy (non-hydrogen) atoms. The molecular weight excluding hydrogens is 346 g/mol. The molecule has 4 rings (SSSR count). The van der Waals surface area contributed by atoms with Crippen LogP contribution in [-0.2, 0) is 0 Å². The first kappa shape index (κ1) is 17.2. The van der Waals surface area contributed by atoms with E-state index in [2.05, 4.69) is 28.0 Å². The highest BCUT2D eigenvalue weighted by Crippen LogP contribution is 2.33. The van der Waals surface area contributed by atoms with Crippen molar-refractivity contribution in [2.24, 2.45) is 0 Å². The van der Waals surface area contributed by atoms with Gasteiger partial charge in [0.25, 0.3) is 0 Å². The van der Waals surface area contributed by atoms with E-state index in [1.165, 1.54) is 32.1 Å². The van der Waals surface area contributed by atoms with E-state index in [0.29, 0.717) is 16.8 Å². The molecule has 4 nitrogen and oxygen atoms in total. The third-order valence-electron chi connectivity index (χ3n) is 5.21. The third kappa shape index (κ3) is 3.38. The maximum atomic E-state index is 6.31. The Bertz CT molecular complexity index is 928. The SMILES string of the molecule is COc1cc(C)c(-c2cn3ccc(NC4CCCCC4)cc3n2)cc1Cl. The second kappa shape index (κ2) is 7.20. The van der Waals surface area contributed by atoms with Gasteiger partial charge in [0, 0.05) is 35.8 Å². The van der Waals surface area contributed by atoms with Gasteiger partial charge in [-0.1, -0.05) is 30.9 Å². The number of aryl methyl sites for hydroxylation is 1. The number of pyridine rings is 1. The van der Waals surface area contributed by atoms with Crippen LogP contribution in [0, 0.1) is 6.92 Å². The fraction of sp³-hybridized carbons (Fsp3) is 0.381. The fourth-order valence-corrected chi connectivity index (χ4v) is 4.01. The topological polar surface area (TPSA) is 38.6 Å². The molecule has 1 N–H and O–H groups in total. The van der Waals surface area contributed by atoms with Crippen molar-refractivity contribution in [1.82, 2.24) is 9.38 Å². The van der Waals surface area contributed by atoms with Gasteiger partial charge in [-0.05, 0) is 43.5 Å². The zero-order chi connectivity index (χ0) is 18.1. The van der Waals surface area contributed by atoms with E-state index in [4.69, 9.17) is 21.3 Å². The van der Waals surface area contributed by atoms with Gasteiger partial charge in [0.05, 0.1) is 17.8 Å². The third-order valence-corrected chi connectivity index (χ3v) is 5.51. The number of rotatable bonds is 4. The molecule has 0 unspecified atom stereocenters. The van der Waals surface area contributed by atoms with Crippen molar-refractivity contribution in [2.75, 3.05) is 12.4 Å². The van der Waals surface area contributed by atoms with E-state index in [-0.39, 0.29) is 0 Å². The highest BCUT2D eigenvalue weighted by atomic mass is 35.5. The molecule has 5 heteroatoms. The van der Waals surface area contributed by atoms with Crippen LogP contribution in [0.3, 0.4) is 0 Å². The van der Waals surface area contributed by atoms with Gasteiger partial charge in [-0.15, -0.1) is 0 Å². The number of halogens is 1. The van der Waals surface area contributed by atoms with Crippen LogP contribution >= 0.6 is 11.6 Å². The maximum absolute atomic E-state index is 6.31. The molecule has 1 aliphatic carbocycles. The van der Waals surface area contributed by atoms with Crippen LogP contribution in [0.4, 0.5) is 5.69 Å². The van der Waals surface area contributed by atoms with Crippen molar-refractivity contribution in [3.05, 3.63) is 47.2 Å². The second-order valence-corrected chi connectivity index (χ2v) is 7.50. The van der Waals surface area contributed by atoms with E-state index in [1.807, 2.05) is 25.3 Å². The van der Waals surface area contributed by atoms with Gasteiger partial charge in [0.2, 0.25) is 0 Å². The molecule has 3 aromatic rings. The Kier molecular flexibility index (Phi) is 4.77. The van der Waals surface area contributed by atoms with E-state index in [0.717, 1.165) is 28.2 Å². The summed E-state index contributed by atoms with van der Waals surface area (Å²) in [6, 6.07) is 8.72. The van der Waals surface area contributed by atoms with E-state index < -0.39 is 0 Å². The molecule has 0 aliphatic heterocycles. The first-order valence-corrected chi connectivity index (χ1v) is 9.61. The quantitative estimate of drug-likeness (QED) is 0.639. The second-order valence-electron chi connectivity index (χ2n) is 7.09. The molecule has 0 atom stereocenters. The molecule has 2 aromatic heterocycles. The number of methoxy groups -OCH3 is 1. The van der Waals surface area contributed by atoms with Crippen molar-refractivity contribution >= 4 is 22.9 Å². The zero-order valence-corrected chi connectivity index (χ0v) is 16.0. The first-order chi connectivity index (χ1) is 12.6. The Hall–Kier alpha value is -2.20. The van der Waals surface area contributed by atoms with Crippen molar-refractivity contribution < 1.29 is 4.74 Å². The van der Waals surface area contributed by atoms with Gasteiger partial charge in [0.15, 0.2) is 0 Å². The van der Waals surface area contributed by atoms with Gasteiger partial charge in [-0.3, -0.25) is 0 Å². The predicted molar refractivity (Wildman–Crippen MR) is 107 cm³/mol. The molecule has 136 valence electrons. The summed E-state index contributed by atoms with van der Waals surface area (Å²) in [6.45, 7) is 2.05. The highest BCUT2D eigenvalue weighted by Gasteiger charge is 2.14. The van der Waals surface area contributed by atoms with Crippen molar-refractivity contribution in [2.45, 2.75) is 45.1 Å². The first-order valence-electron chi connectivity index (χ1n) is 9.24. The number of aromatic nitrogens is 2. The summed E-state index contributed by atoms with van der Waals surface area (Å²) in [7, 11) is 1.63. The molecule has 1 saturated carbocycles. The van der Waals surface area contributed by atoms with Crippen LogP contribution in [-0.4, -0.2) is 22.5 Å². The van der Waals surface area contributed by atoms with Gasteiger partial charge >= 0.3 is 0 Å². The number of nitrogens with one attached hydrogen (secondary N) is 1. The number of hydrogen-bond acceptors (Lipinski definition) is 3. The summed E-state index contributed by atoms with van der Waals surface area (Å²) in [4.78, 5) is 4.82. The lowest BCUT2D eigenvalue weighted by Crippen LogP contribution is -2.22. The van der Waals surface area contributed by atoms with Crippen molar-refractivity contribution in [1.29, 1.82) is 0 Å². The number of hydrogen-bond donors (Lipinski definition) is 1. The normalized spacial score (nSPS) is 15.3. The average molecular weight is 370 g/mol. The average Bonchev–Trinajstić information content (AvgIpc) is 3.07. The van der Waals surface area contributed by atoms with Gasteiger partial charge in [-0.25, -0.2) is 4.98 Å². The van der Waals surface area contributed by atoms with Gasteiger partial charge < -0.3 is 14.5 Å². The molecule has 1 aliphatic rings. The number of imidazole rings is 1. The maximum Gasteiger partial charge on any atom is 0.139 e. The van der Waals surface area contributed by atoms with E-state index in [1.54, 1.807) is 7.11 Å². The van der Waals surface area contributed by atoms with Crippen LogP contribution in [0.5, 0.6) is 5.75 Å². The van der Waals surface area contributed by atoms with Crippen LogP contribution in [0.25, 0.3) is 16.9 Å². The number of nitrogens with zero attached hydrogens (tertiary/aromatic N) is 2. The lowest BCUT2D eigenvalue weighted by molar-refractivity contribution is 0.415. The minimum absolute atomic E-state index is 0.586. The van der Waals surface area contributed by atoms with Gasteiger partial charge in [-0.2, -0.15) is 0 Å². The largest absolute Gasteiger partial charge is 0.495 e. The minimum atomic E-state index is 0.586. The molecule has 0 saturated heterocycles. The van der Waals surface area contributed by atoms with Crippen molar-refractivity contribution in [3.63, 3.8) is 0 Å². The van der Waals surface area contributed by atoms with E-state index >= 15 is 0 Å². The Morgan fingerprint density at radius 3 is 2.77 bits per heavy atom. The number of anilines is 1. The Balaban J connectivity index is 1.64. The molecule has 1 fully saturated rings. The van der Waals surface area contributed by atoms with Crippen LogP contribution in [0.2, 0.25) is 5.02 Å². The summed E-state index contributed by atoms with van der Waals surface area (Å²) in [5, 5.41) is 4.27. The monoisotopic (exact) mass is 369 g/mol. The number of benzene rings is 1. The Labute approximate surface area is 159 Å². The molecule has 1 aromatic carbocycles. The highest BCUT2D eigenvalue weighted by molar-refractivity contribution is 6.32. The van der Waals surface area contributed by atoms with Crippen molar-refractivity contribution in [3.8, 4) is 17.0 Å². The fourth-order valence-electron chi connectivity index (χ4n) is 3.77. The molecule has 0 radical (unpaired) electrons. The summed E-state index contributed by atoms with van der Waals surface area (Å²) < 4.78 is 7.35. The minimum Gasteiger partial charge on any atom is -0.495 e. The summed E-state index contributed by atoms with van der Waals surface area (Å²) in [5.74, 6) is 0.690. The molecule has 0 spiro atoms. The molecule has 2 heterocycles. The summed E-state index contributed by atoms with van der Waals surface area (Å²) in [5.41, 5.74) is 5.12. The van der Waals surface area contributed by atoms with E-state index in [9.17, 15) is 0 Å². The van der Waals surface area contributed by atoms with Crippen LogP contribution < -0.4 is 10.1 Å². The zero-order valence-electron chi connectivity index (χ0n) is 15.3. The summed E-state index contributed by atoms with van der Waals surface area (Å²) >= 11 is 6.31. The van der Waals surface area contributed by atoms with Crippen LogP contribution in [0.15, 0.2) is 36.7 Å². The smallest absolute Gasteiger partial charge is 0.139 e. The standard InChI is InChI=1S/C21H24ClN3O/c1-14-10-20(26-2)18(22)12-17(14)19-13-25-9-8-16(11-21(25)24-19)23-15-6-4-3-5-7-15/h8-13,15,23H,3-7H2,1-2H3. The Morgan fingerprint density at radius 2 is 2.00 bits per heavy atom. The summed E-state index contributed by atoms with van der Waals surface area (Å²) in [6.07, 6.45) is 10.6. The predicted octanol–water partition coefficient (Wildman–Crippen LogP) is 5.72. The van der Waals surface area contributed by atoms with Gasteiger partial charge in [0.1, 0.15) is 11.4 Å².